The summed E-state index contributed by atoms with van der Waals surface area (Å²) in [6.45, 7) is 1.12. The molecule has 3 aliphatic carbocycles. The van der Waals surface area contributed by atoms with E-state index < -0.39 is 83.9 Å². The summed E-state index contributed by atoms with van der Waals surface area (Å²) in [5.41, 5.74) is -2.88. The quantitative estimate of drug-likeness (QED) is 0.318. The van der Waals surface area contributed by atoms with Crippen molar-refractivity contribution in [3.63, 3.8) is 0 Å². The molecule has 11 atom stereocenters. The molecule has 224 valence electrons. The van der Waals surface area contributed by atoms with E-state index in [0.29, 0.717) is 11.1 Å². The Morgan fingerprint density at radius 3 is 2.14 bits per heavy atom. The maximum Gasteiger partial charge on any atom is 0.338 e. The van der Waals surface area contributed by atoms with Crippen molar-refractivity contribution in [2.24, 2.45) is 11.3 Å². The number of benzene rings is 2. The molecule has 4 aliphatic heterocycles. The third-order valence-corrected chi connectivity index (χ3v) is 9.78. The fourth-order valence-electron chi connectivity index (χ4n) is 7.68. The summed E-state index contributed by atoms with van der Waals surface area (Å²) in [6, 6.07) is 16.7. The van der Waals surface area contributed by atoms with Gasteiger partial charge in [0.05, 0.1) is 16.5 Å². The third-order valence-electron chi connectivity index (χ3n) is 9.78. The van der Waals surface area contributed by atoms with Crippen LogP contribution in [0.3, 0.4) is 0 Å². The lowest BCUT2D eigenvalue weighted by Crippen LogP contribution is -2.80. The molecule has 4 saturated heterocycles. The van der Waals surface area contributed by atoms with Crippen molar-refractivity contribution in [2.45, 2.75) is 73.8 Å². The largest absolute Gasteiger partial charge is 0.461 e. The zero-order valence-corrected chi connectivity index (χ0v) is 22.7. The number of rotatable bonds is 8. The monoisotopic (exact) mass is 584 g/mol. The number of hydrogen-bond acceptors (Lipinski definition) is 12. The van der Waals surface area contributed by atoms with Gasteiger partial charge >= 0.3 is 11.9 Å². The second kappa shape index (κ2) is 9.53. The van der Waals surface area contributed by atoms with Gasteiger partial charge in [-0.3, -0.25) is 0 Å². The normalized spacial score (nSPS) is 44.5. The average molecular weight is 585 g/mol. The summed E-state index contributed by atoms with van der Waals surface area (Å²) in [4.78, 5) is 25.4. The van der Waals surface area contributed by atoms with Crippen LogP contribution >= 0.6 is 0 Å². The van der Waals surface area contributed by atoms with Crippen LogP contribution in [-0.4, -0.2) is 99.6 Å². The maximum atomic E-state index is 12.9. The highest BCUT2D eigenvalue weighted by atomic mass is 16.8. The van der Waals surface area contributed by atoms with Gasteiger partial charge in [0, 0.05) is 12.3 Å². The number of carbonyl (C=O) groups is 2. The smallest absolute Gasteiger partial charge is 0.338 e. The molecule has 4 heterocycles. The van der Waals surface area contributed by atoms with Crippen LogP contribution in [-0.2, 0) is 28.4 Å². The Morgan fingerprint density at radius 1 is 0.881 bits per heavy atom. The fraction of sp³-hybridized carbons (Fsp3) is 0.533. The van der Waals surface area contributed by atoms with E-state index >= 15 is 0 Å². The van der Waals surface area contributed by atoms with Crippen LogP contribution < -0.4 is 0 Å². The van der Waals surface area contributed by atoms with Gasteiger partial charge in [-0.15, -0.1) is 0 Å². The molecule has 6 bridgehead atoms. The predicted octanol–water partition coefficient (Wildman–Crippen LogP) is 0.507. The van der Waals surface area contributed by atoms with Gasteiger partial charge in [0.25, 0.3) is 0 Å². The highest BCUT2D eigenvalue weighted by Crippen LogP contribution is 2.81. The number of aliphatic hydroxyl groups excluding tert-OH is 3. The van der Waals surface area contributed by atoms with E-state index in [4.69, 9.17) is 28.4 Å². The molecule has 12 heteroatoms. The summed E-state index contributed by atoms with van der Waals surface area (Å²) in [5.74, 6) is -3.25. The lowest BCUT2D eigenvalue weighted by Gasteiger charge is -2.67. The Hall–Kier alpha value is -2.94. The van der Waals surface area contributed by atoms with Crippen LogP contribution in [0.15, 0.2) is 60.7 Å². The molecule has 4 N–H and O–H groups in total. The number of aliphatic hydroxyl groups is 4. The lowest BCUT2D eigenvalue weighted by atomic mass is 9.41. The van der Waals surface area contributed by atoms with E-state index in [1.165, 1.54) is 0 Å². The molecule has 7 fully saturated rings. The van der Waals surface area contributed by atoms with E-state index in [-0.39, 0.29) is 19.4 Å². The van der Waals surface area contributed by atoms with Gasteiger partial charge in [0.2, 0.25) is 0 Å². The molecular formula is C30H32O12. The second-order valence-electron chi connectivity index (χ2n) is 12.0. The van der Waals surface area contributed by atoms with Crippen LogP contribution in [0.1, 0.15) is 40.5 Å². The summed E-state index contributed by atoms with van der Waals surface area (Å²) < 4.78 is 35.7. The van der Waals surface area contributed by atoms with Crippen molar-refractivity contribution in [1.29, 1.82) is 0 Å². The van der Waals surface area contributed by atoms with Crippen molar-refractivity contribution in [3.8, 4) is 0 Å². The second-order valence-corrected chi connectivity index (χ2v) is 12.0. The molecule has 9 rings (SSSR count). The molecule has 2 aromatic rings. The van der Waals surface area contributed by atoms with Crippen molar-refractivity contribution < 1.29 is 58.4 Å². The highest BCUT2D eigenvalue weighted by molar-refractivity contribution is 5.89. The minimum absolute atomic E-state index is 0.0572. The first-order valence-electron chi connectivity index (χ1n) is 13.9. The van der Waals surface area contributed by atoms with Gasteiger partial charge in [-0.2, -0.15) is 0 Å². The van der Waals surface area contributed by atoms with Gasteiger partial charge in [0.1, 0.15) is 48.8 Å². The Balaban J connectivity index is 1.13. The topological polar surface area (TPSA) is 170 Å². The molecule has 0 unspecified atom stereocenters. The Labute approximate surface area is 240 Å². The summed E-state index contributed by atoms with van der Waals surface area (Å²) in [6.07, 6.45) is -8.34. The molecule has 0 radical (unpaired) electrons. The molecular weight excluding hydrogens is 552 g/mol. The Bertz CT molecular complexity index is 1370. The van der Waals surface area contributed by atoms with Gasteiger partial charge in [0.15, 0.2) is 18.4 Å². The molecule has 0 amide bonds. The molecule has 42 heavy (non-hydrogen) atoms. The van der Waals surface area contributed by atoms with Crippen molar-refractivity contribution >= 4 is 11.9 Å². The maximum absolute atomic E-state index is 12.9. The van der Waals surface area contributed by atoms with Crippen molar-refractivity contribution in [1.82, 2.24) is 0 Å². The van der Waals surface area contributed by atoms with E-state index in [2.05, 4.69) is 0 Å². The molecule has 2 aromatic carbocycles. The van der Waals surface area contributed by atoms with Gasteiger partial charge < -0.3 is 48.8 Å². The van der Waals surface area contributed by atoms with E-state index in [1.54, 1.807) is 67.6 Å². The third kappa shape index (κ3) is 3.70. The number of hydrogen-bond donors (Lipinski definition) is 4. The Kier molecular flexibility index (Phi) is 6.32. The molecule has 7 aliphatic rings. The van der Waals surface area contributed by atoms with E-state index in [0.717, 1.165) is 0 Å². The summed E-state index contributed by atoms with van der Waals surface area (Å²) in [5, 5.41) is 43.6. The Morgan fingerprint density at radius 2 is 1.50 bits per heavy atom. The first-order valence-corrected chi connectivity index (χ1v) is 13.9. The van der Waals surface area contributed by atoms with Gasteiger partial charge in [-0.1, -0.05) is 36.4 Å². The first-order chi connectivity index (χ1) is 20.0. The minimum atomic E-state index is -1.69. The molecule has 0 aromatic heterocycles. The highest BCUT2D eigenvalue weighted by Gasteiger charge is 2.94. The lowest BCUT2D eigenvalue weighted by molar-refractivity contribution is -0.424. The molecule has 12 nitrogen and oxygen atoms in total. The van der Waals surface area contributed by atoms with Crippen molar-refractivity contribution in [2.75, 3.05) is 13.2 Å². The van der Waals surface area contributed by atoms with Crippen LogP contribution in [0.2, 0.25) is 0 Å². The summed E-state index contributed by atoms with van der Waals surface area (Å²) in [7, 11) is 0. The zero-order chi connectivity index (χ0) is 29.5. The standard InChI is InChI=1S/C30H32O12/c1-27-14-29(36)19-12-30(27,28(19,26(41-27)42-29)15-38-24(35)17-10-6-3-7-11-17)40-25-22(33)21(32)20(31)18(39-25)13-37-23(34)16-8-4-2-5-9-16/h2-11,18-22,25-26,31-33,36H,12-15H2,1H3/t18-,19+,20-,21+,22-,25+,26+,27-,28-,29+,30-/m1/s1. The van der Waals surface area contributed by atoms with Crippen LogP contribution in [0.4, 0.5) is 0 Å². The van der Waals surface area contributed by atoms with Gasteiger partial charge in [-0.05, 0) is 37.6 Å². The van der Waals surface area contributed by atoms with E-state index in [1.807, 2.05) is 0 Å². The molecule has 3 saturated carbocycles. The number of carbonyl (C=O) groups excluding carboxylic acids is 2. The minimum Gasteiger partial charge on any atom is -0.461 e. The average Bonchev–Trinajstić information content (AvgIpc) is 3.18. The van der Waals surface area contributed by atoms with E-state index in [9.17, 15) is 30.0 Å². The number of esters is 2. The first kappa shape index (κ1) is 27.9. The van der Waals surface area contributed by atoms with Crippen molar-refractivity contribution in [3.05, 3.63) is 71.8 Å². The number of ether oxygens (including phenoxy) is 6. The fourth-order valence-corrected chi connectivity index (χ4v) is 7.68. The molecule has 0 spiro atoms. The van der Waals surface area contributed by atoms with Gasteiger partial charge in [-0.25, -0.2) is 9.59 Å². The van der Waals surface area contributed by atoms with Crippen LogP contribution in [0.5, 0.6) is 0 Å². The SMILES string of the molecule is C[C@]12C[C@]3(O)O[C@H](O1)[C@@]1(COC(=O)c4ccccc4)[C@@H]3C[C@]12O[C@@H]1O[C@H](COC(=O)c2ccccc2)[C@@H](O)[C@H](O)[C@H]1O. The van der Waals surface area contributed by atoms with Crippen LogP contribution in [0, 0.1) is 11.3 Å². The predicted molar refractivity (Wildman–Crippen MR) is 138 cm³/mol. The summed E-state index contributed by atoms with van der Waals surface area (Å²) >= 11 is 0. The zero-order valence-electron chi connectivity index (χ0n) is 22.7. The van der Waals surface area contributed by atoms with Crippen LogP contribution in [0.25, 0.3) is 0 Å².